The molecule has 1 N–H and O–H groups in total. The predicted molar refractivity (Wildman–Crippen MR) is 44.5 cm³/mol. The van der Waals surface area contributed by atoms with Gasteiger partial charge in [0.15, 0.2) is 0 Å². The molecule has 0 fully saturated rings. The molecule has 0 atom stereocenters. The number of anilines is 1. The number of nitrogens with zero attached hydrogens (tertiary/aromatic N) is 1. The Bertz CT molecular complexity index is 225. The van der Waals surface area contributed by atoms with E-state index in [4.69, 9.17) is 4.74 Å². The van der Waals surface area contributed by atoms with Crippen LogP contribution in [0, 0.1) is 0 Å². The van der Waals surface area contributed by atoms with Crippen molar-refractivity contribution in [1.82, 2.24) is 4.98 Å². The molecule has 0 spiro atoms. The molecule has 60 valence electrons. The second-order valence-corrected chi connectivity index (χ2v) is 2.18. The third-order valence-electron chi connectivity index (χ3n) is 1.44. The van der Waals surface area contributed by atoms with Gasteiger partial charge in [-0.3, -0.25) is 4.98 Å². The molecular weight excluding hydrogens is 140 g/mol. The Kier molecular flexibility index (Phi) is 2.86. The van der Waals surface area contributed by atoms with Crippen LogP contribution in [0.15, 0.2) is 18.3 Å². The monoisotopic (exact) mass is 152 g/mol. The van der Waals surface area contributed by atoms with Crippen LogP contribution in [0.25, 0.3) is 0 Å². The van der Waals surface area contributed by atoms with E-state index in [-0.39, 0.29) is 0 Å². The van der Waals surface area contributed by atoms with Crippen LogP contribution in [0.5, 0.6) is 0 Å². The van der Waals surface area contributed by atoms with Gasteiger partial charge >= 0.3 is 0 Å². The molecule has 3 nitrogen and oxygen atoms in total. The van der Waals surface area contributed by atoms with Gasteiger partial charge in [0.1, 0.15) is 0 Å². The summed E-state index contributed by atoms with van der Waals surface area (Å²) >= 11 is 0. The lowest BCUT2D eigenvalue weighted by Gasteiger charge is -2.05. The number of rotatable bonds is 3. The van der Waals surface area contributed by atoms with Crippen LogP contribution in [0.4, 0.5) is 5.69 Å². The van der Waals surface area contributed by atoms with Crippen molar-refractivity contribution in [2.75, 3.05) is 19.5 Å². The second-order valence-electron chi connectivity index (χ2n) is 2.18. The lowest BCUT2D eigenvalue weighted by molar-refractivity contribution is 0.182. The van der Waals surface area contributed by atoms with Crippen molar-refractivity contribution < 1.29 is 4.74 Å². The van der Waals surface area contributed by atoms with Gasteiger partial charge in [0.05, 0.1) is 18.0 Å². The first kappa shape index (κ1) is 8.01. The maximum atomic E-state index is 4.97. The van der Waals surface area contributed by atoms with E-state index in [9.17, 15) is 0 Å². The molecule has 0 radical (unpaired) electrons. The molecular formula is C8H12N2O. The van der Waals surface area contributed by atoms with E-state index in [2.05, 4.69) is 10.3 Å². The fraction of sp³-hybridized carbons (Fsp3) is 0.375. The largest absolute Gasteiger partial charge is 0.387 e. The Morgan fingerprint density at radius 1 is 1.64 bits per heavy atom. The first-order valence-electron chi connectivity index (χ1n) is 3.49. The molecule has 0 saturated heterocycles. The summed E-state index contributed by atoms with van der Waals surface area (Å²) in [6.07, 6.45) is 1.76. The van der Waals surface area contributed by atoms with Crippen LogP contribution in [0.3, 0.4) is 0 Å². The van der Waals surface area contributed by atoms with Gasteiger partial charge < -0.3 is 10.1 Å². The molecule has 0 amide bonds. The minimum atomic E-state index is 0.553. The number of hydrogen-bond acceptors (Lipinski definition) is 3. The van der Waals surface area contributed by atoms with Gasteiger partial charge in [0.2, 0.25) is 0 Å². The Balaban J connectivity index is 2.83. The average molecular weight is 152 g/mol. The van der Waals surface area contributed by atoms with E-state index in [1.165, 1.54) is 0 Å². The summed E-state index contributed by atoms with van der Waals surface area (Å²) in [5.41, 5.74) is 1.96. The SMILES string of the molecule is CNc1cccnc1COC. The van der Waals surface area contributed by atoms with Crippen LogP contribution in [-0.4, -0.2) is 19.1 Å². The van der Waals surface area contributed by atoms with Crippen LogP contribution in [0.1, 0.15) is 5.69 Å². The standard InChI is InChI=1S/C8H12N2O/c1-9-7-4-3-5-10-8(7)6-11-2/h3-5,9H,6H2,1-2H3. The van der Waals surface area contributed by atoms with Crippen molar-refractivity contribution in [1.29, 1.82) is 0 Å². The van der Waals surface area contributed by atoms with Crippen molar-refractivity contribution in [2.45, 2.75) is 6.61 Å². The van der Waals surface area contributed by atoms with Gasteiger partial charge in [-0.1, -0.05) is 0 Å². The minimum absolute atomic E-state index is 0.553. The third-order valence-corrected chi connectivity index (χ3v) is 1.44. The Morgan fingerprint density at radius 3 is 3.09 bits per heavy atom. The highest BCUT2D eigenvalue weighted by Crippen LogP contribution is 2.10. The quantitative estimate of drug-likeness (QED) is 0.708. The highest BCUT2D eigenvalue weighted by Gasteiger charge is 1.98. The summed E-state index contributed by atoms with van der Waals surface area (Å²) in [6, 6.07) is 3.87. The topological polar surface area (TPSA) is 34.2 Å². The molecule has 1 heterocycles. The zero-order chi connectivity index (χ0) is 8.10. The van der Waals surface area contributed by atoms with E-state index in [1.54, 1.807) is 13.3 Å². The third kappa shape index (κ3) is 1.91. The summed E-state index contributed by atoms with van der Waals surface area (Å²) in [5, 5.41) is 3.04. The summed E-state index contributed by atoms with van der Waals surface area (Å²) in [4.78, 5) is 4.15. The second kappa shape index (κ2) is 3.93. The van der Waals surface area contributed by atoms with E-state index in [1.807, 2.05) is 19.2 Å². The molecule has 1 aromatic heterocycles. The van der Waals surface area contributed by atoms with E-state index < -0.39 is 0 Å². The normalized spacial score (nSPS) is 9.64. The van der Waals surface area contributed by atoms with Crippen molar-refractivity contribution in [3.8, 4) is 0 Å². The van der Waals surface area contributed by atoms with Crippen molar-refractivity contribution in [2.24, 2.45) is 0 Å². The maximum absolute atomic E-state index is 4.97. The smallest absolute Gasteiger partial charge is 0.0905 e. The van der Waals surface area contributed by atoms with Crippen LogP contribution in [0.2, 0.25) is 0 Å². The van der Waals surface area contributed by atoms with Crippen LogP contribution >= 0.6 is 0 Å². The highest BCUT2D eigenvalue weighted by atomic mass is 16.5. The molecule has 1 aromatic rings. The number of pyridine rings is 1. The molecule has 3 heteroatoms. The van der Waals surface area contributed by atoms with Crippen LogP contribution in [-0.2, 0) is 11.3 Å². The number of nitrogens with one attached hydrogen (secondary N) is 1. The fourth-order valence-electron chi connectivity index (χ4n) is 0.917. The molecule has 0 aliphatic rings. The number of ether oxygens (including phenoxy) is 1. The number of aromatic nitrogens is 1. The Hall–Kier alpha value is -1.09. The van der Waals surface area contributed by atoms with Gasteiger partial charge in [-0.05, 0) is 12.1 Å². The predicted octanol–water partition coefficient (Wildman–Crippen LogP) is 1.27. The van der Waals surface area contributed by atoms with Gasteiger partial charge in [-0.2, -0.15) is 0 Å². The van der Waals surface area contributed by atoms with Crippen molar-refractivity contribution >= 4 is 5.69 Å². The van der Waals surface area contributed by atoms with Crippen LogP contribution < -0.4 is 5.32 Å². The molecule has 1 rings (SSSR count). The molecule has 0 unspecified atom stereocenters. The van der Waals surface area contributed by atoms with Gasteiger partial charge in [-0.25, -0.2) is 0 Å². The minimum Gasteiger partial charge on any atom is -0.387 e. The highest BCUT2D eigenvalue weighted by molar-refractivity contribution is 5.46. The molecule has 0 aliphatic heterocycles. The number of methoxy groups -OCH3 is 1. The summed E-state index contributed by atoms with van der Waals surface area (Å²) < 4.78 is 4.97. The fourth-order valence-corrected chi connectivity index (χ4v) is 0.917. The lowest BCUT2D eigenvalue weighted by Crippen LogP contribution is -1.98. The zero-order valence-electron chi connectivity index (χ0n) is 6.79. The van der Waals surface area contributed by atoms with E-state index >= 15 is 0 Å². The molecule has 11 heavy (non-hydrogen) atoms. The molecule has 0 aliphatic carbocycles. The molecule has 0 saturated carbocycles. The summed E-state index contributed by atoms with van der Waals surface area (Å²) in [6.45, 7) is 0.553. The molecule has 0 bridgehead atoms. The van der Waals surface area contributed by atoms with Gasteiger partial charge in [0.25, 0.3) is 0 Å². The average Bonchev–Trinajstić information content (AvgIpc) is 2.06. The Morgan fingerprint density at radius 2 is 2.45 bits per heavy atom. The number of hydrogen-bond donors (Lipinski definition) is 1. The van der Waals surface area contributed by atoms with E-state index in [0.29, 0.717) is 6.61 Å². The van der Waals surface area contributed by atoms with E-state index in [0.717, 1.165) is 11.4 Å². The van der Waals surface area contributed by atoms with Gasteiger partial charge in [-0.15, -0.1) is 0 Å². The summed E-state index contributed by atoms with van der Waals surface area (Å²) in [7, 11) is 3.53. The summed E-state index contributed by atoms with van der Waals surface area (Å²) in [5.74, 6) is 0. The Labute approximate surface area is 66.4 Å². The first-order valence-corrected chi connectivity index (χ1v) is 3.49. The molecule has 0 aromatic carbocycles. The first-order chi connectivity index (χ1) is 5.38. The zero-order valence-corrected chi connectivity index (χ0v) is 6.79. The lowest BCUT2D eigenvalue weighted by atomic mass is 10.3. The van der Waals surface area contributed by atoms with Crippen molar-refractivity contribution in [3.05, 3.63) is 24.0 Å². The maximum Gasteiger partial charge on any atom is 0.0905 e. The van der Waals surface area contributed by atoms with Gasteiger partial charge in [0, 0.05) is 20.4 Å². The van der Waals surface area contributed by atoms with Crippen molar-refractivity contribution in [3.63, 3.8) is 0 Å².